The predicted octanol–water partition coefficient (Wildman–Crippen LogP) is 1.12. The highest BCUT2D eigenvalue weighted by molar-refractivity contribution is 5.89. The molecule has 0 saturated carbocycles. The average Bonchev–Trinajstić information content (AvgIpc) is 2.63. The van der Waals surface area contributed by atoms with Crippen LogP contribution in [0.2, 0.25) is 0 Å². The molecule has 8 heteroatoms. The highest BCUT2D eigenvalue weighted by Crippen LogP contribution is 2.24. The molecule has 88 valence electrons. The van der Waals surface area contributed by atoms with Crippen LogP contribution in [0.4, 0.5) is 10.5 Å². The van der Waals surface area contributed by atoms with Crippen molar-refractivity contribution in [1.29, 1.82) is 0 Å². The number of aromatic nitrogens is 1. The lowest BCUT2D eigenvalue weighted by Gasteiger charge is -1.97. The van der Waals surface area contributed by atoms with Crippen molar-refractivity contribution in [2.24, 2.45) is 0 Å². The first-order chi connectivity index (χ1) is 8.06. The Bertz CT molecular complexity index is 668. The fourth-order valence-electron chi connectivity index (χ4n) is 1.43. The number of carbonyl (C=O) groups excluding carboxylic acids is 1. The van der Waals surface area contributed by atoms with E-state index in [0.717, 1.165) is 7.11 Å². The maximum absolute atomic E-state index is 11.4. The SMILES string of the molecule is COC(=O)n1c(=O)oc2c([N+](=O)[O-])cccc21. The number of methoxy groups -OCH3 is 1. The molecule has 0 unspecified atom stereocenters. The molecule has 0 aliphatic rings. The quantitative estimate of drug-likeness (QED) is 0.544. The Labute approximate surface area is 93.2 Å². The summed E-state index contributed by atoms with van der Waals surface area (Å²) >= 11 is 0. The summed E-state index contributed by atoms with van der Waals surface area (Å²) in [6, 6.07) is 3.87. The van der Waals surface area contributed by atoms with E-state index in [1.807, 2.05) is 0 Å². The zero-order valence-corrected chi connectivity index (χ0v) is 8.58. The molecule has 17 heavy (non-hydrogen) atoms. The molecule has 1 aromatic heterocycles. The number of non-ortho nitro benzene ring substituents is 1. The van der Waals surface area contributed by atoms with E-state index in [1.165, 1.54) is 18.2 Å². The third-order valence-corrected chi connectivity index (χ3v) is 2.14. The third-order valence-electron chi connectivity index (χ3n) is 2.14. The molecular formula is C9H6N2O6. The number of para-hydroxylation sites is 1. The van der Waals surface area contributed by atoms with E-state index in [1.54, 1.807) is 0 Å². The largest absolute Gasteiger partial charge is 0.452 e. The zero-order chi connectivity index (χ0) is 12.6. The fraction of sp³-hybridized carbons (Fsp3) is 0.111. The van der Waals surface area contributed by atoms with Crippen LogP contribution in [-0.4, -0.2) is 22.7 Å². The van der Waals surface area contributed by atoms with E-state index < -0.39 is 16.8 Å². The third kappa shape index (κ3) is 1.55. The second-order valence-electron chi connectivity index (χ2n) is 3.06. The summed E-state index contributed by atoms with van der Waals surface area (Å²) in [6.45, 7) is 0. The second kappa shape index (κ2) is 3.74. The van der Waals surface area contributed by atoms with Crippen LogP contribution in [0.25, 0.3) is 11.1 Å². The monoisotopic (exact) mass is 238 g/mol. The molecule has 0 N–H and O–H groups in total. The van der Waals surface area contributed by atoms with Crippen molar-refractivity contribution in [2.75, 3.05) is 7.11 Å². The van der Waals surface area contributed by atoms with Crippen LogP contribution < -0.4 is 5.76 Å². The van der Waals surface area contributed by atoms with Crippen LogP contribution in [0.5, 0.6) is 0 Å². The number of carbonyl (C=O) groups is 1. The van der Waals surface area contributed by atoms with E-state index in [2.05, 4.69) is 9.15 Å². The number of ether oxygens (including phenoxy) is 1. The minimum Gasteiger partial charge on any atom is -0.452 e. The smallest absolute Gasteiger partial charge is 0.429 e. The lowest BCUT2D eigenvalue weighted by Crippen LogP contribution is -2.22. The Morgan fingerprint density at radius 1 is 1.53 bits per heavy atom. The van der Waals surface area contributed by atoms with Gasteiger partial charge in [-0.2, -0.15) is 4.57 Å². The molecular weight excluding hydrogens is 232 g/mol. The Balaban J connectivity index is 2.85. The first kappa shape index (κ1) is 10.9. The topological polar surface area (TPSA) is 105 Å². The van der Waals surface area contributed by atoms with Gasteiger partial charge in [-0.25, -0.2) is 9.59 Å². The van der Waals surface area contributed by atoms with Gasteiger partial charge in [-0.05, 0) is 6.07 Å². The summed E-state index contributed by atoms with van der Waals surface area (Å²) in [5.41, 5.74) is -0.647. The van der Waals surface area contributed by atoms with Gasteiger partial charge in [0.1, 0.15) is 5.52 Å². The normalized spacial score (nSPS) is 10.4. The van der Waals surface area contributed by atoms with E-state index in [-0.39, 0.29) is 16.8 Å². The molecule has 0 aliphatic heterocycles. The lowest BCUT2D eigenvalue weighted by atomic mass is 10.3. The maximum atomic E-state index is 11.4. The number of nitro groups is 1. The van der Waals surface area contributed by atoms with Gasteiger partial charge in [-0.15, -0.1) is 0 Å². The standard InChI is InChI=1S/C9H6N2O6/c1-16-8(12)10-5-3-2-4-6(11(14)15)7(5)17-9(10)13/h2-4H,1H3. The number of hydrogen-bond donors (Lipinski definition) is 0. The Morgan fingerprint density at radius 3 is 2.82 bits per heavy atom. The summed E-state index contributed by atoms with van der Waals surface area (Å²) in [4.78, 5) is 32.7. The number of oxazole rings is 1. The number of rotatable bonds is 1. The number of nitro benzene ring substituents is 1. The van der Waals surface area contributed by atoms with Gasteiger partial charge < -0.3 is 9.15 Å². The Morgan fingerprint density at radius 2 is 2.24 bits per heavy atom. The van der Waals surface area contributed by atoms with E-state index in [9.17, 15) is 19.7 Å². The Hall–Kier alpha value is -2.64. The van der Waals surface area contributed by atoms with Gasteiger partial charge in [0, 0.05) is 6.07 Å². The highest BCUT2D eigenvalue weighted by atomic mass is 16.6. The molecule has 0 fully saturated rings. The van der Waals surface area contributed by atoms with Crippen LogP contribution in [-0.2, 0) is 4.74 Å². The van der Waals surface area contributed by atoms with Gasteiger partial charge in [-0.1, -0.05) is 6.07 Å². The fourth-order valence-corrected chi connectivity index (χ4v) is 1.43. The van der Waals surface area contributed by atoms with Crippen molar-refractivity contribution in [1.82, 2.24) is 4.57 Å². The van der Waals surface area contributed by atoms with E-state index in [4.69, 9.17) is 0 Å². The van der Waals surface area contributed by atoms with Crippen LogP contribution in [0, 0.1) is 10.1 Å². The molecule has 1 aromatic carbocycles. The zero-order valence-electron chi connectivity index (χ0n) is 8.58. The van der Waals surface area contributed by atoms with Crippen molar-refractivity contribution in [3.05, 3.63) is 38.9 Å². The first-order valence-corrected chi connectivity index (χ1v) is 4.43. The second-order valence-corrected chi connectivity index (χ2v) is 3.06. The van der Waals surface area contributed by atoms with Crippen molar-refractivity contribution < 1.29 is 18.9 Å². The number of fused-ring (bicyclic) bond motifs is 1. The molecule has 2 rings (SSSR count). The molecule has 0 bridgehead atoms. The predicted molar refractivity (Wildman–Crippen MR) is 54.9 cm³/mol. The summed E-state index contributed by atoms with van der Waals surface area (Å²) in [5, 5.41) is 10.7. The summed E-state index contributed by atoms with van der Waals surface area (Å²) in [7, 11) is 1.09. The molecule has 2 aromatic rings. The average molecular weight is 238 g/mol. The van der Waals surface area contributed by atoms with Crippen molar-refractivity contribution >= 4 is 22.9 Å². The van der Waals surface area contributed by atoms with Crippen LogP contribution in [0.3, 0.4) is 0 Å². The number of nitrogens with zero attached hydrogens (tertiary/aromatic N) is 2. The minimum absolute atomic E-state index is 0.00366. The van der Waals surface area contributed by atoms with Crippen molar-refractivity contribution in [3.63, 3.8) is 0 Å². The molecule has 8 nitrogen and oxygen atoms in total. The number of hydrogen-bond acceptors (Lipinski definition) is 6. The van der Waals surface area contributed by atoms with Gasteiger partial charge >= 0.3 is 17.5 Å². The maximum Gasteiger partial charge on any atom is 0.429 e. The Kier molecular flexibility index (Phi) is 2.39. The number of benzene rings is 1. The van der Waals surface area contributed by atoms with Gasteiger partial charge in [0.2, 0.25) is 5.58 Å². The van der Waals surface area contributed by atoms with E-state index in [0.29, 0.717) is 4.57 Å². The van der Waals surface area contributed by atoms with E-state index >= 15 is 0 Å². The molecule has 0 aliphatic carbocycles. The van der Waals surface area contributed by atoms with Crippen molar-refractivity contribution in [3.8, 4) is 0 Å². The lowest BCUT2D eigenvalue weighted by molar-refractivity contribution is -0.383. The van der Waals surface area contributed by atoms with Crippen LogP contribution in [0.1, 0.15) is 0 Å². The summed E-state index contributed by atoms with van der Waals surface area (Å²) < 4.78 is 9.64. The minimum atomic E-state index is -1.03. The van der Waals surface area contributed by atoms with Gasteiger partial charge in [0.15, 0.2) is 0 Å². The highest BCUT2D eigenvalue weighted by Gasteiger charge is 2.22. The summed E-state index contributed by atoms with van der Waals surface area (Å²) in [6.07, 6.45) is -0.964. The van der Waals surface area contributed by atoms with Gasteiger partial charge in [-0.3, -0.25) is 10.1 Å². The molecule has 0 saturated heterocycles. The molecule has 0 amide bonds. The first-order valence-electron chi connectivity index (χ1n) is 4.43. The van der Waals surface area contributed by atoms with Crippen LogP contribution >= 0.6 is 0 Å². The molecule has 0 atom stereocenters. The van der Waals surface area contributed by atoms with Gasteiger partial charge in [0.05, 0.1) is 12.0 Å². The molecule has 0 spiro atoms. The molecule has 1 heterocycles. The molecule has 0 radical (unpaired) electrons. The summed E-state index contributed by atoms with van der Waals surface area (Å²) in [5.74, 6) is -1.03. The van der Waals surface area contributed by atoms with Crippen molar-refractivity contribution in [2.45, 2.75) is 0 Å². The van der Waals surface area contributed by atoms with Gasteiger partial charge in [0.25, 0.3) is 0 Å². The van der Waals surface area contributed by atoms with Crippen LogP contribution in [0.15, 0.2) is 27.4 Å².